The van der Waals surface area contributed by atoms with Gasteiger partial charge in [-0.25, -0.2) is 0 Å². The van der Waals surface area contributed by atoms with Crippen molar-refractivity contribution in [3.63, 3.8) is 0 Å². The van der Waals surface area contributed by atoms with E-state index in [1.54, 1.807) is 0 Å². The molecule has 1 aromatic carbocycles. The van der Waals surface area contributed by atoms with E-state index >= 15 is 0 Å². The molecule has 0 unspecified atom stereocenters. The van der Waals surface area contributed by atoms with Gasteiger partial charge in [-0.05, 0) is 25.0 Å². The fourth-order valence-electron chi connectivity index (χ4n) is 3.52. The van der Waals surface area contributed by atoms with Crippen LogP contribution in [-0.4, -0.2) is 55.2 Å². The van der Waals surface area contributed by atoms with Crippen molar-refractivity contribution in [3.8, 4) is 5.75 Å². The van der Waals surface area contributed by atoms with Gasteiger partial charge in [0.05, 0.1) is 0 Å². The number of rotatable bonds is 5. The minimum Gasteiger partial charge on any atom is -0.492 e. The quantitative estimate of drug-likeness (QED) is 0.844. The highest BCUT2D eigenvalue weighted by Gasteiger charge is 2.25. The summed E-state index contributed by atoms with van der Waals surface area (Å²) in [6, 6.07) is 8.54. The standard InChI is InChI=1S/C17H27N3O/c18-15-4-3-7-17(14-15)21-13-12-19-8-10-20(11-9-19)16-5-1-2-6-16/h3-4,7,14,16H,1-2,5-6,8-13,18H2. The third-order valence-corrected chi connectivity index (χ3v) is 4.78. The first-order chi connectivity index (χ1) is 10.3. The molecule has 2 N–H and O–H groups in total. The Kier molecular flexibility index (Phi) is 4.99. The van der Waals surface area contributed by atoms with Gasteiger partial charge in [-0.2, -0.15) is 0 Å². The molecule has 1 saturated carbocycles. The Hall–Kier alpha value is -1.26. The number of hydrogen-bond donors (Lipinski definition) is 1. The van der Waals surface area contributed by atoms with Gasteiger partial charge in [-0.1, -0.05) is 18.9 Å². The highest BCUT2D eigenvalue weighted by molar-refractivity contribution is 5.43. The van der Waals surface area contributed by atoms with E-state index in [-0.39, 0.29) is 0 Å². The number of anilines is 1. The van der Waals surface area contributed by atoms with Gasteiger partial charge < -0.3 is 10.5 Å². The Morgan fingerprint density at radius 2 is 1.86 bits per heavy atom. The summed E-state index contributed by atoms with van der Waals surface area (Å²) >= 11 is 0. The zero-order valence-electron chi connectivity index (χ0n) is 12.8. The van der Waals surface area contributed by atoms with Crippen LogP contribution < -0.4 is 10.5 Å². The molecule has 2 fully saturated rings. The van der Waals surface area contributed by atoms with Crippen molar-refractivity contribution in [2.45, 2.75) is 31.7 Å². The molecule has 1 aliphatic carbocycles. The number of nitrogen functional groups attached to an aromatic ring is 1. The molecule has 1 aliphatic heterocycles. The molecule has 1 aromatic rings. The summed E-state index contributed by atoms with van der Waals surface area (Å²) in [7, 11) is 0. The van der Waals surface area contributed by atoms with Crippen molar-refractivity contribution in [3.05, 3.63) is 24.3 Å². The van der Waals surface area contributed by atoms with E-state index in [4.69, 9.17) is 10.5 Å². The molecule has 4 heteroatoms. The summed E-state index contributed by atoms with van der Waals surface area (Å²) < 4.78 is 5.78. The van der Waals surface area contributed by atoms with Gasteiger partial charge in [-0.15, -0.1) is 0 Å². The van der Waals surface area contributed by atoms with Crippen molar-refractivity contribution in [1.82, 2.24) is 9.80 Å². The normalized spacial score (nSPS) is 21.7. The van der Waals surface area contributed by atoms with Crippen LogP contribution in [0.2, 0.25) is 0 Å². The molecule has 0 amide bonds. The Morgan fingerprint density at radius 3 is 2.57 bits per heavy atom. The predicted molar refractivity (Wildman–Crippen MR) is 86.6 cm³/mol. The lowest BCUT2D eigenvalue weighted by Gasteiger charge is -2.38. The van der Waals surface area contributed by atoms with Crippen molar-refractivity contribution in [2.75, 3.05) is 45.1 Å². The lowest BCUT2D eigenvalue weighted by atomic mass is 10.2. The number of nitrogens with two attached hydrogens (primary N) is 1. The average molecular weight is 289 g/mol. The van der Waals surface area contributed by atoms with Crippen molar-refractivity contribution >= 4 is 5.69 Å². The summed E-state index contributed by atoms with van der Waals surface area (Å²) in [4.78, 5) is 5.21. The molecular weight excluding hydrogens is 262 g/mol. The maximum absolute atomic E-state index is 5.78. The van der Waals surface area contributed by atoms with Gasteiger partial charge in [0.2, 0.25) is 0 Å². The summed E-state index contributed by atoms with van der Waals surface area (Å²) in [5.41, 5.74) is 6.51. The second kappa shape index (κ2) is 7.14. The van der Waals surface area contributed by atoms with Crippen LogP contribution in [0.3, 0.4) is 0 Å². The predicted octanol–water partition coefficient (Wildman–Crippen LogP) is 2.21. The largest absolute Gasteiger partial charge is 0.492 e. The van der Waals surface area contributed by atoms with Gasteiger partial charge in [0.15, 0.2) is 0 Å². The van der Waals surface area contributed by atoms with Gasteiger partial charge in [0.25, 0.3) is 0 Å². The first-order valence-electron chi connectivity index (χ1n) is 8.26. The fraction of sp³-hybridized carbons (Fsp3) is 0.647. The maximum atomic E-state index is 5.78. The monoisotopic (exact) mass is 289 g/mol. The van der Waals surface area contributed by atoms with E-state index in [1.165, 1.54) is 51.9 Å². The van der Waals surface area contributed by atoms with Gasteiger partial charge in [0.1, 0.15) is 12.4 Å². The molecule has 0 atom stereocenters. The number of ether oxygens (including phenoxy) is 1. The summed E-state index contributed by atoms with van der Waals surface area (Å²) in [6.07, 6.45) is 5.69. The first kappa shape index (κ1) is 14.7. The minimum absolute atomic E-state index is 0.743. The smallest absolute Gasteiger partial charge is 0.121 e. The molecule has 0 radical (unpaired) electrons. The highest BCUT2D eigenvalue weighted by Crippen LogP contribution is 2.24. The molecule has 2 aliphatic rings. The molecule has 0 bridgehead atoms. The molecule has 0 aromatic heterocycles. The molecule has 1 saturated heterocycles. The fourth-order valence-corrected chi connectivity index (χ4v) is 3.52. The van der Waals surface area contributed by atoms with E-state index in [1.807, 2.05) is 24.3 Å². The van der Waals surface area contributed by atoms with Gasteiger partial charge in [0, 0.05) is 50.5 Å². The average Bonchev–Trinajstić information content (AvgIpc) is 3.02. The Labute approximate surface area is 127 Å². The SMILES string of the molecule is Nc1cccc(OCCN2CCN(C3CCCC3)CC2)c1. The minimum atomic E-state index is 0.743. The Morgan fingerprint density at radius 1 is 1.10 bits per heavy atom. The third kappa shape index (κ3) is 4.11. The Balaban J connectivity index is 1.35. The van der Waals surface area contributed by atoms with Crippen LogP contribution in [-0.2, 0) is 0 Å². The molecule has 21 heavy (non-hydrogen) atoms. The van der Waals surface area contributed by atoms with Crippen LogP contribution in [0.1, 0.15) is 25.7 Å². The molecule has 1 heterocycles. The van der Waals surface area contributed by atoms with E-state index in [2.05, 4.69) is 9.80 Å². The second-order valence-corrected chi connectivity index (χ2v) is 6.24. The van der Waals surface area contributed by atoms with Crippen molar-refractivity contribution < 1.29 is 4.74 Å². The van der Waals surface area contributed by atoms with Crippen molar-refractivity contribution in [1.29, 1.82) is 0 Å². The van der Waals surface area contributed by atoms with Crippen LogP contribution in [0.4, 0.5) is 5.69 Å². The third-order valence-electron chi connectivity index (χ3n) is 4.78. The summed E-state index contributed by atoms with van der Waals surface area (Å²) in [5, 5.41) is 0. The van der Waals surface area contributed by atoms with E-state index in [0.29, 0.717) is 0 Å². The topological polar surface area (TPSA) is 41.7 Å². The molecular formula is C17H27N3O. The molecule has 4 nitrogen and oxygen atoms in total. The lowest BCUT2D eigenvalue weighted by molar-refractivity contribution is 0.0882. The van der Waals surface area contributed by atoms with E-state index in [0.717, 1.165) is 30.6 Å². The first-order valence-corrected chi connectivity index (χ1v) is 8.26. The van der Waals surface area contributed by atoms with Crippen molar-refractivity contribution in [2.24, 2.45) is 0 Å². The van der Waals surface area contributed by atoms with Crippen LogP contribution in [0, 0.1) is 0 Å². The van der Waals surface area contributed by atoms with Crippen LogP contribution in [0.5, 0.6) is 5.75 Å². The van der Waals surface area contributed by atoms with Gasteiger partial charge in [-0.3, -0.25) is 9.80 Å². The molecule has 0 spiro atoms. The maximum Gasteiger partial charge on any atom is 0.121 e. The molecule has 3 rings (SSSR count). The van der Waals surface area contributed by atoms with E-state index < -0.39 is 0 Å². The van der Waals surface area contributed by atoms with E-state index in [9.17, 15) is 0 Å². The van der Waals surface area contributed by atoms with Crippen LogP contribution >= 0.6 is 0 Å². The van der Waals surface area contributed by atoms with Crippen LogP contribution in [0.15, 0.2) is 24.3 Å². The number of hydrogen-bond acceptors (Lipinski definition) is 4. The zero-order valence-corrected chi connectivity index (χ0v) is 12.8. The van der Waals surface area contributed by atoms with Gasteiger partial charge >= 0.3 is 0 Å². The highest BCUT2D eigenvalue weighted by atomic mass is 16.5. The summed E-state index contributed by atoms with van der Waals surface area (Å²) in [6.45, 7) is 6.56. The number of nitrogens with zero attached hydrogens (tertiary/aromatic N) is 2. The second-order valence-electron chi connectivity index (χ2n) is 6.24. The lowest BCUT2D eigenvalue weighted by Crippen LogP contribution is -2.50. The Bertz CT molecular complexity index is 437. The zero-order chi connectivity index (χ0) is 14.5. The number of piperazine rings is 1. The number of benzene rings is 1. The summed E-state index contributed by atoms with van der Waals surface area (Å²) in [5.74, 6) is 0.875. The van der Waals surface area contributed by atoms with Crippen LogP contribution in [0.25, 0.3) is 0 Å². The molecule has 116 valence electrons.